The lowest BCUT2D eigenvalue weighted by Crippen LogP contribution is -2.30. The van der Waals surface area contributed by atoms with Gasteiger partial charge in [0, 0.05) is 30.3 Å². The zero-order valence-corrected chi connectivity index (χ0v) is 15.7. The predicted octanol–water partition coefficient (Wildman–Crippen LogP) is 3.41. The third-order valence-electron chi connectivity index (χ3n) is 4.66. The molecule has 0 bridgehead atoms. The van der Waals surface area contributed by atoms with Gasteiger partial charge in [-0.1, -0.05) is 13.0 Å². The molecule has 0 radical (unpaired) electrons. The molecule has 0 aliphatic heterocycles. The SMILES string of the molecule is CCCOc1ccc(Oc2ncccc2CNC(=O)C2CCC(N)C2)cc1. The highest BCUT2D eigenvalue weighted by atomic mass is 16.5. The summed E-state index contributed by atoms with van der Waals surface area (Å²) in [5.41, 5.74) is 6.73. The number of ether oxygens (including phenoxy) is 2. The van der Waals surface area contributed by atoms with Crippen LogP contribution in [0.15, 0.2) is 42.6 Å². The Labute approximate surface area is 160 Å². The lowest BCUT2D eigenvalue weighted by molar-refractivity contribution is -0.125. The molecule has 2 unspecified atom stereocenters. The van der Waals surface area contributed by atoms with Gasteiger partial charge in [0.15, 0.2) is 0 Å². The van der Waals surface area contributed by atoms with Gasteiger partial charge in [0.2, 0.25) is 11.8 Å². The van der Waals surface area contributed by atoms with Crippen LogP contribution in [-0.4, -0.2) is 23.5 Å². The highest BCUT2D eigenvalue weighted by Gasteiger charge is 2.27. The van der Waals surface area contributed by atoms with Gasteiger partial charge in [-0.25, -0.2) is 4.98 Å². The molecule has 1 saturated carbocycles. The molecule has 1 fully saturated rings. The largest absolute Gasteiger partial charge is 0.494 e. The van der Waals surface area contributed by atoms with Crippen LogP contribution in [0.25, 0.3) is 0 Å². The minimum absolute atomic E-state index is 0.0108. The maximum absolute atomic E-state index is 12.3. The number of hydrogen-bond donors (Lipinski definition) is 2. The molecule has 0 saturated heterocycles. The van der Waals surface area contributed by atoms with Gasteiger partial charge in [0.05, 0.1) is 6.61 Å². The zero-order chi connectivity index (χ0) is 19.1. The number of amides is 1. The van der Waals surface area contributed by atoms with Crippen LogP contribution in [0.2, 0.25) is 0 Å². The summed E-state index contributed by atoms with van der Waals surface area (Å²) in [6.45, 7) is 3.14. The molecule has 6 heteroatoms. The van der Waals surface area contributed by atoms with Crippen LogP contribution in [-0.2, 0) is 11.3 Å². The molecule has 27 heavy (non-hydrogen) atoms. The van der Waals surface area contributed by atoms with Crippen molar-refractivity contribution in [3.8, 4) is 17.4 Å². The minimum Gasteiger partial charge on any atom is -0.494 e. The Morgan fingerprint density at radius 3 is 2.70 bits per heavy atom. The molecule has 1 amide bonds. The van der Waals surface area contributed by atoms with Crippen LogP contribution in [0.5, 0.6) is 17.4 Å². The van der Waals surface area contributed by atoms with E-state index in [0.717, 1.165) is 37.0 Å². The number of nitrogens with one attached hydrogen (secondary N) is 1. The van der Waals surface area contributed by atoms with Gasteiger partial charge in [0.25, 0.3) is 0 Å². The molecule has 0 spiro atoms. The summed E-state index contributed by atoms with van der Waals surface area (Å²) in [7, 11) is 0. The Bertz CT molecular complexity index is 749. The van der Waals surface area contributed by atoms with Gasteiger partial charge in [-0.2, -0.15) is 0 Å². The van der Waals surface area contributed by atoms with E-state index in [0.29, 0.717) is 24.8 Å². The van der Waals surface area contributed by atoms with E-state index in [1.807, 2.05) is 36.4 Å². The molecule has 1 aromatic carbocycles. The fraction of sp³-hybridized carbons (Fsp3) is 0.429. The normalized spacial score (nSPS) is 18.9. The first kappa shape index (κ1) is 19.2. The van der Waals surface area contributed by atoms with E-state index in [2.05, 4.69) is 17.2 Å². The maximum atomic E-state index is 12.3. The highest BCUT2D eigenvalue weighted by molar-refractivity contribution is 5.79. The zero-order valence-electron chi connectivity index (χ0n) is 15.7. The van der Waals surface area contributed by atoms with Crippen LogP contribution >= 0.6 is 0 Å². The molecule has 6 nitrogen and oxygen atoms in total. The van der Waals surface area contributed by atoms with Gasteiger partial charge < -0.3 is 20.5 Å². The number of rotatable bonds is 8. The highest BCUT2D eigenvalue weighted by Crippen LogP contribution is 2.26. The van der Waals surface area contributed by atoms with Gasteiger partial charge >= 0.3 is 0 Å². The Morgan fingerprint density at radius 1 is 1.22 bits per heavy atom. The van der Waals surface area contributed by atoms with Crippen molar-refractivity contribution in [2.75, 3.05) is 6.61 Å². The molecular weight excluding hydrogens is 342 g/mol. The first-order valence-corrected chi connectivity index (χ1v) is 9.53. The molecule has 2 atom stereocenters. The van der Waals surface area contributed by atoms with Crippen LogP contribution in [0.3, 0.4) is 0 Å². The van der Waals surface area contributed by atoms with Crippen molar-refractivity contribution in [1.29, 1.82) is 0 Å². The van der Waals surface area contributed by atoms with Crippen molar-refractivity contribution in [2.24, 2.45) is 11.7 Å². The lowest BCUT2D eigenvalue weighted by Gasteiger charge is -2.13. The van der Waals surface area contributed by atoms with E-state index in [1.54, 1.807) is 6.20 Å². The molecule has 1 aliphatic carbocycles. The van der Waals surface area contributed by atoms with Crippen LogP contribution in [0, 0.1) is 5.92 Å². The fourth-order valence-electron chi connectivity index (χ4n) is 3.17. The van der Waals surface area contributed by atoms with E-state index in [4.69, 9.17) is 15.2 Å². The molecule has 144 valence electrons. The summed E-state index contributed by atoms with van der Waals surface area (Å²) in [5, 5.41) is 2.99. The Kier molecular flexibility index (Phi) is 6.65. The number of hydrogen-bond acceptors (Lipinski definition) is 5. The van der Waals surface area contributed by atoms with Gasteiger partial charge in [-0.05, 0) is 56.0 Å². The quantitative estimate of drug-likeness (QED) is 0.745. The van der Waals surface area contributed by atoms with E-state index >= 15 is 0 Å². The summed E-state index contributed by atoms with van der Waals surface area (Å²) < 4.78 is 11.5. The number of carbonyl (C=O) groups is 1. The van der Waals surface area contributed by atoms with Crippen LogP contribution in [0.1, 0.15) is 38.2 Å². The molecule has 1 aliphatic rings. The number of carbonyl (C=O) groups excluding carboxylic acids is 1. The van der Waals surface area contributed by atoms with Crippen molar-refractivity contribution < 1.29 is 14.3 Å². The Balaban J connectivity index is 1.59. The van der Waals surface area contributed by atoms with Crippen LogP contribution in [0.4, 0.5) is 0 Å². The molecule has 3 N–H and O–H groups in total. The van der Waals surface area contributed by atoms with Crippen molar-refractivity contribution >= 4 is 5.91 Å². The summed E-state index contributed by atoms with van der Waals surface area (Å²) in [5.74, 6) is 2.04. The second-order valence-electron chi connectivity index (χ2n) is 6.88. The second-order valence-corrected chi connectivity index (χ2v) is 6.88. The third-order valence-corrected chi connectivity index (χ3v) is 4.66. The topological polar surface area (TPSA) is 86.5 Å². The molecule has 2 aromatic rings. The first-order valence-electron chi connectivity index (χ1n) is 9.53. The molecule has 1 heterocycles. The van der Waals surface area contributed by atoms with E-state index in [-0.39, 0.29) is 17.9 Å². The number of nitrogens with zero attached hydrogens (tertiary/aromatic N) is 1. The van der Waals surface area contributed by atoms with Crippen molar-refractivity contribution in [2.45, 2.75) is 45.2 Å². The van der Waals surface area contributed by atoms with E-state index in [9.17, 15) is 4.79 Å². The second kappa shape index (κ2) is 9.37. The summed E-state index contributed by atoms with van der Waals surface area (Å²) >= 11 is 0. The van der Waals surface area contributed by atoms with E-state index in [1.165, 1.54) is 0 Å². The monoisotopic (exact) mass is 369 g/mol. The summed E-state index contributed by atoms with van der Waals surface area (Å²) in [6, 6.07) is 11.3. The number of nitrogens with two attached hydrogens (primary N) is 1. The molecule has 1 aromatic heterocycles. The fourth-order valence-corrected chi connectivity index (χ4v) is 3.17. The average Bonchev–Trinajstić information content (AvgIpc) is 3.13. The standard InChI is InChI=1S/C21H27N3O3/c1-2-12-26-18-7-9-19(10-8-18)27-21-16(4-3-11-23-21)14-24-20(25)15-5-6-17(22)13-15/h3-4,7-11,15,17H,2,5-6,12-14,22H2,1H3,(H,24,25). The maximum Gasteiger partial charge on any atom is 0.224 e. The number of aromatic nitrogens is 1. The molecule has 3 rings (SSSR count). The number of pyridine rings is 1. The summed E-state index contributed by atoms with van der Waals surface area (Å²) in [4.78, 5) is 16.6. The van der Waals surface area contributed by atoms with Crippen molar-refractivity contribution in [3.63, 3.8) is 0 Å². The third kappa shape index (κ3) is 5.44. The lowest BCUT2D eigenvalue weighted by atomic mass is 10.1. The minimum atomic E-state index is 0.0108. The van der Waals surface area contributed by atoms with Gasteiger partial charge in [-0.3, -0.25) is 4.79 Å². The van der Waals surface area contributed by atoms with Gasteiger partial charge in [0.1, 0.15) is 11.5 Å². The Morgan fingerprint density at radius 2 is 2.00 bits per heavy atom. The smallest absolute Gasteiger partial charge is 0.224 e. The molecular formula is C21H27N3O3. The van der Waals surface area contributed by atoms with Crippen molar-refractivity contribution in [3.05, 3.63) is 48.2 Å². The van der Waals surface area contributed by atoms with Crippen molar-refractivity contribution in [1.82, 2.24) is 10.3 Å². The average molecular weight is 369 g/mol. The van der Waals surface area contributed by atoms with E-state index < -0.39 is 0 Å². The Hall–Kier alpha value is -2.60. The predicted molar refractivity (Wildman–Crippen MR) is 104 cm³/mol. The number of benzene rings is 1. The van der Waals surface area contributed by atoms with Gasteiger partial charge in [-0.15, -0.1) is 0 Å². The first-order chi connectivity index (χ1) is 13.2. The van der Waals surface area contributed by atoms with Crippen LogP contribution < -0.4 is 20.5 Å². The summed E-state index contributed by atoms with van der Waals surface area (Å²) in [6.07, 6.45) is 5.17.